The number of halogens is 1. The first-order chi connectivity index (χ1) is 18.4. The predicted octanol–water partition coefficient (Wildman–Crippen LogP) is 4.66. The van der Waals surface area contributed by atoms with Crippen LogP contribution in [-0.4, -0.2) is 62.4 Å². The molecule has 0 spiro atoms. The van der Waals surface area contributed by atoms with Crippen molar-refractivity contribution in [1.82, 2.24) is 14.8 Å². The van der Waals surface area contributed by atoms with E-state index in [9.17, 15) is 13.2 Å². The minimum Gasteiger partial charge on any atom is -0.495 e. The number of nitrogens with zero attached hydrogens (tertiary/aromatic N) is 3. The van der Waals surface area contributed by atoms with Crippen molar-refractivity contribution in [3.05, 3.63) is 95.1 Å². The number of aromatic nitrogens is 1. The number of methoxy groups -OCH3 is 1. The minimum absolute atomic E-state index is 0.0864. The van der Waals surface area contributed by atoms with E-state index < -0.39 is 10.0 Å². The second-order valence-corrected chi connectivity index (χ2v) is 11.0. The molecule has 2 heterocycles. The van der Waals surface area contributed by atoms with Gasteiger partial charge in [0.25, 0.3) is 15.9 Å². The average Bonchev–Trinajstić information content (AvgIpc) is 2.94. The average molecular weight is 551 g/mol. The van der Waals surface area contributed by atoms with Crippen LogP contribution >= 0.6 is 11.6 Å². The summed E-state index contributed by atoms with van der Waals surface area (Å²) >= 11 is 6.44. The number of hydrogen-bond acceptors (Lipinski definition) is 6. The molecule has 0 unspecified atom stereocenters. The van der Waals surface area contributed by atoms with Gasteiger partial charge in [0, 0.05) is 55.6 Å². The van der Waals surface area contributed by atoms with E-state index in [1.165, 1.54) is 6.07 Å². The van der Waals surface area contributed by atoms with Gasteiger partial charge in [0.2, 0.25) is 0 Å². The van der Waals surface area contributed by atoms with E-state index in [1.807, 2.05) is 35.2 Å². The molecule has 38 heavy (non-hydrogen) atoms. The molecule has 0 radical (unpaired) electrons. The molecule has 0 atom stereocenters. The molecule has 10 heteroatoms. The number of hydrogen-bond donors (Lipinski definition) is 1. The van der Waals surface area contributed by atoms with E-state index in [0.29, 0.717) is 47.2 Å². The summed E-state index contributed by atoms with van der Waals surface area (Å²) in [7, 11) is -2.27. The third-order valence-corrected chi connectivity index (χ3v) is 8.43. The Balaban J connectivity index is 1.21. The monoisotopic (exact) mass is 550 g/mol. The van der Waals surface area contributed by atoms with Gasteiger partial charge in [0.15, 0.2) is 0 Å². The number of anilines is 1. The first-order valence-corrected chi connectivity index (χ1v) is 14.0. The Morgan fingerprint density at radius 1 is 0.974 bits per heavy atom. The minimum atomic E-state index is -3.86. The number of pyridine rings is 1. The fraction of sp³-hybridized carbons (Fsp3) is 0.214. The van der Waals surface area contributed by atoms with Gasteiger partial charge in [0.1, 0.15) is 10.6 Å². The lowest BCUT2D eigenvalue weighted by Crippen LogP contribution is -2.48. The maximum Gasteiger partial charge on any atom is 0.264 e. The number of fused-ring (bicyclic) bond motifs is 1. The van der Waals surface area contributed by atoms with E-state index >= 15 is 0 Å². The summed E-state index contributed by atoms with van der Waals surface area (Å²) in [6.07, 6.45) is 1.57. The van der Waals surface area contributed by atoms with Crippen LogP contribution in [0.1, 0.15) is 15.9 Å². The van der Waals surface area contributed by atoms with Gasteiger partial charge < -0.3 is 9.64 Å². The lowest BCUT2D eigenvalue weighted by Gasteiger charge is -2.35. The van der Waals surface area contributed by atoms with Crippen molar-refractivity contribution in [1.29, 1.82) is 0 Å². The van der Waals surface area contributed by atoms with Gasteiger partial charge >= 0.3 is 0 Å². The smallest absolute Gasteiger partial charge is 0.264 e. The van der Waals surface area contributed by atoms with Gasteiger partial charge in [-0.2, -0.15) is 0 Å². The zero-order valence-corrected chi connectivity index (χ0v) is 22.4. The molecule has 1 saturated heterocycles. The summed E-state index contributed by atoms with van der Waals surface area (Å²) in [5, 5.41) is 1.35. The van der Waals surface area contributed by atoms with E-state index in [0.717, 1.165) is 24.0 Å². The molecule has 1 fully saturated rings. The zero-order valence-electron chi connectivity index (χ0n) is 20.8. The quantitative estimate of drug-likeness (QED) is 0.360. The number of benzene rings is 3. The number of para-hydroxylation sites is 1. The molecule has 3 aromatic carbocycles. The second kappa shape index (κ2) is 11.0. The Hall–Kier alpha value is -3.66. The standard InChI is InChI=1S/C28H27ClN4O4S/c1-37-24-8-2-6-22(26(24)29)19-32-15-17-33(18-16-32)28(34)21-10-12-23(13-11-21)31-38(35,36)25-9-3-5-20-7-4-14-30-27(20)25/h2-14,31H,15-19H2,1H3. The summed E-state index contributed by atoms with van der Waals surface area (Å²) < 4.78 is 34.0. The highest BCUT2D eigenvalue weighted by atomic mass is 35.5. The van der Waals surface area contributed by atoms with Crippen LogP contribution < -0.4 is 9.46 Å². The predicted molar refractivity (Wildman–Crippen MR) is 148 cm³/mol. The fourth-order valence-electron chi connectivity index (χ4n) is 4.55. The van der Waals surface area contributed by atoms with Gasteiger partial charge in [-0.1, -0.05) is 41.9 Å². The van der Waals surface area contributed by atoms with Crippen LogP contribution in [0.2, 0.25) is 5.02 Å². The highest BCUT2D eigenvalue weighted by Gasteiger charge is 2.24. The van der Waals surface area contributed by atoms with E-state index in [-0.39, 0.29) is 10.8 Å². The molecule has 1 aliphatic rings. The summed E-state index contributed by atoms with van der Waals surface area (Å²) in [5.74, 6) is 0.564. The number of sulfonamides is 1. The first-order valence-electron chi connectivity index (χ1n) is 12.2. The van der Waals surface area contributed by atoms with E-state index in [4.69, 9.17) is 16.3 Å². The second-order valence-electron chi connectivity index (χ2n) is 9.02. The third kappa shape index (κ3) is 5.45. The highest BCUT2D eigenvalue weighted by molar-refractivity contribution is 7.93. The molecule has 0 aliphatic carbocycles. The fourth-order valence-corrected chi connectivity index (χ4v) is 6.05. The van der Waals surface area contributed by atoms with Crippen molar-refractivity contribution in [2.45, 2.75) is 11.4 Å². The van der Waals surface area contributed by atoms with Crippen LogP contribution in [0.15, 0.2) is 83.9 Å². The summed E-state index contributed by atoms with van der Waals surface area (Å²) in [6.45, 7) is 3.29. The van der Waals surface area contributed by atoms with Crippen molar-refractivity contribution in [2.24, 2.45) is 0 Å². The van der Waals surface area contributed by atoms with Crippen LogP contribution in [0.25, 0.3) is 10.9 Å². The molecule has 0 bridgehead atoms. The Labute approximate surface area is 226 Å². The van der Waals surface area contributed by atoms with Crippen LogP contribution in [0.3, 0.4) is 0 Å². The van der Waals surface area contributed by atoms with Gasteiger partial charge in [-0.3, -0.25) is 19.4 Å². The highest BCUT2D eigenvalue weighted by Crippen LogP contribution is 2.29. The zero-order chi connectivity index (χ0) is 26.7. The van der Waals surface area contributed by atoms with Crippen molar-refractivity contribution < 1.29 is 17.9 Å². The Bertz CT molecular complexity index is 1560. The molecular formula is C28H27ClN4O4S. The number of nitrogens with one attached hydrogen (secondary N) is 1. The lowest BCUT2D eigenvalue weighted by molar-refractivity contribution is 0.0628. The van der Waals surface area contributed by atoms with Crippen molar-refractivity contribution in [3.63, 3.8) is 0 Å². The van der Waals surface area contributed by atoms with E-state index in [2.05, 4.69) is 14.6 Å². The summed E-state index contributed by atoms with van der Waals surface area (Å²) in [5.41, 5.74) is 2.27. The van der Waals surface area contributed by atoms with Gasteiger partial charge in [-0.25, -0.2) is 8.42 Å². The van der Waals surface area contributed by atoms with Crippen molar-refractivity contribution >= 4 is 44.1 Å². The maximum atomic E-state index is 13.1. The van der Waals surface area contributed by atoms with Crippen LogP contribution in [0, 0.1) is 0 Å². The number of amides is 1. The number of piperazine rings is 1. The van der Waals surface area contributed by atoms with Gasteiger partial charge in [0.05, 0.1) is 17.6 Å². The van der Waals surface area contributed by atoms with Crippen molar-refractivity contribution in [3.8, 4) is 5.75 Å². The number of carbonyl (C=O) groups is 1. The number of ether oxygens (including phenoxy) is 1. The topological polar surface area (TPSA) is 91.8 Å². The van der Waals surface area contributed by atoms with Crippen LogP contribution in [-0.2, 0) is 16.6 Å². The first kappa shape index (κ1) is 26.0. The third-order valence-electron chi connectivity index (χ3n) is 6.59. The Morgan fingerprint density at radius 2 is 1.68 bits per heavy atom. The molecule has 1 aromatic heterocycles. The Kier molecular flexibility index (Phi) is 7.51. The van der Waals surface area contributed by atoms with Crippen molar-refractivity contribution in [2.75, 3.05) is 38.0 Å². The molecule has 1 amide bonds. The maximum absolute atomic E-state index is 13.1. The molecule has 4 aromatic rings. The largest absolute Gasteiger partial charge is 0.495 e. The van der Waals surface area contributed by atoms with E-state index in [1.54, 1.807) is 49.7 Å². The normalized spacial score (nSPS) is 14.4. The number of rotatable bonds is 7. The lowest BCUT2D eigenvalue weighted by atomic mass is 10.1. The summed E-state index contributed by atoms with van der Waals surface area (Å²) in [4.78, 5) is 21.5. The molecular weight excluding hydrogens is 524 g/mol. The Morgan fingerprint density at radius 3 is 2.42 bits per heavy atom. The molecule has 5 rings (SSSR count). The molecule has 1 N–H and O–H groups in total. The number of carbonyl (C=O) groups excluding carboxylic acids is 1. The molecule has 1 aliphatic heterocycles. The van der Waals surface area contributed by atoms with Gasteiger partial charge in [-0.05, 0) is 48.0 Å². The molecule has 8 nitrogen and oxygen atoms in total. The van der Waals surface area contributed by atoms with Crippen LogP contribution in [0.5, 0.6) is 5.75 Å². The molecule has 196 valence electrons. The molecule has 0 saturated carbocycles. The SMILES string of the molecule is COc1cccc(CN2CCN(C(=O)c3ccc(NS(=O)(=O)c4cccc5cccnc45)cc3)CC2)c1Cl. The van der Waals surface area contributed by atoms with Crippen LogP contribution in [0.4, 0.5) is 5.69 Å². The summed E-state index contributed by atoms with van der Waals surface area (Å²) in [6, 6.07) is 20.8. The van der Waals surface area contributed by atoms with Gasteiger partial charge in [-0.15, -0.1) is 0 Å².